The molecule has 0 radical (unpaired) electrons. The van der Waals surface area contributed by atoms with Crippen LogP contribution in [-0.4, -0.2) is 67.3 Å². The summed E-state index contributed by atoms with van der Waals surface area (Å²) in [6.45, 7) is 3.65. The molecule has 0 aromatic rings. The van der Waals surface area contributed by atoms with Gasteiger partial charge >= 0.3 is 12.0 Å². The maximum Gasteiger partial charge on any atom is 0.317 e. The Balaban J connectivity index is 4.12. The Morgan fingerprint density at radius 1 is 1.30 bits per heavy atom. The molecule has 0 spiro atoms. The summed E-state index contributed by atoms with van der Waals surface area (Å²) in [6.07, 6.45) is -0.803. The number of amides is 3. The molecule has 0 aromatic heterocycles. The first-order valence-electron chi connectivity index (χ1n) is 6.29. The minimum Gasteiger partial charge on any atom is -0.481 e. The molecule has 8 nitrogen and oxygen atoms in total. The molecule has 0 aliphatic rings. The fourth-order valence-corrected chi connectivity index (χ4v) is 1.42. The molecular weight excluding hydrogens is 266 g/mol. The van der Waals surface area contributed by atoms with Gasteiger partial charge in [-0.15, -0.1) is 0 Å². The van der Waals surface area contributed by atoms with Crippen LogP contribution in [0.5, 0.6) is 0 Å². The van der Waals surface area contributed by atoms with Crippen LogP contribution >= 0.6 is 0 Å². The van der Waals surface area contributed by atoms with Gasteiger partial charge in [0.1, 0.15) is 6.54 Å². The van der Waals surface area contributed by atoms with E-state index in [0.29, 0.717) is 0 Å². The second-order valence-electron chi connectivity index (χ2n) is 4.72. The van der Waals surface area contributed by atoms with Crippen LogP contribution in [0, 0.1) is 0 Å². The van der Waals surface area contributed by atoms with Crippen molar-refractivity contribution in [3.8, 4) is 0 Å². The number of hydrogen-bond donors (Lipinski definition) is 3. The summed E-state index contributed by atoms with van der Waals surface area (Å²) >= 11 is 0. The largest absolute Gasteiger partial charge is 0.481 e. The Morgan fingerprint density at radius 3 is 2.35 bits per heavy atom. The van der Waals surface area contributed by atoms with E-state index >= 15 is 0 Å². The van der Waals surface area contributed by atoms with E-state index in [1.54, 1.807) is 0 Å². The number of aliphatic carboxylic acids is 1. The molecule has 3 amide bonds. The second kappa shape index (κ2) is 9.13. The van der Waals surface area contributed by atoms with Gasteiger partial charge in [0.05, 0.1) is 12.5 Å². The molecule has 8 heteroatoms. The van der Waals surface area contributed by atoms with Crippen LogP contribution in [-0.2, 0) is 14.3 Å². The van der Waals surface area contributed by atoms with Gasteiger partial charge in [0.25, 0.3) is 0 Å². The first-order valence-corrected chi connectivity index (χ1v) is 6.29. The molecule has 0 fully saturated rings. The first-order chi connectivity index (χ1) is 9.26. The first kappa shape index (κ1) is 18.2. The molecule has 0 saturated heterocycles. The Hall–Kier alpha value is -1.83. The van der Waals surface area contributed by atoms with Crippen molar-refractivity contribution in [3.63, 3.8) is 0 Å². The summed E-state index contributed by atoms with van der Waals surface area (Å²) in [6, 6.07) is -0.455. The van der Waals surface area contributed by atoms with Crippen molar-refractivity contribution in [2.75, 3.05) is 27.2 Å². The number of nitrogens with zero attached hydrogens (tertiary/aromatic N) is 1. The van der Waals surface area contributed by atoms with Crippen molar-refractivity contribution in [2.45, 2.75) is 32.4 Å². The zero-order chi connectivity index (χ0) is 15.7. The molecule has 0 aliphatic heterocycles. The van der Waals surface area contributed by atoms with Gasteiger partial charge in [-0.1, -0.05) is 0 Å². The second-order valence-corrected chi connectivity index (χ2v) is 4.72. The fourth-order valence-electron chi connectivity index (χ4n) is 1.42. The van der Waals surface area contributed by atoms with Gasteiger partial charge in [-0.3, -0.25) is 9.59 Å². The molecule has 0 heterocycles. The number of carbonyl (C=O) groups is 3. The highest BCUT2D eigenvalue weighted by Crippen LogP contribution is 1.96. The van der Waals surface area contributed by atoms with Gasteiger partial charge in [0, 0.05) is 26.7 Å². The molecule has 0 rings (SSSR count). The number of carboxylic acids is 1. The van der Waals surface area contributed by atoms with E-state index in [1.165, 1.54) is 19.1 Å². The average molecular weight is 289 g/mol. The zero-order valence-electron chi connectivity index (χ0n) is 12.3. The minimum atomic E-state index is -1.00. The number of likely N-dealkylation sites (N-methyl/N-ethyl adjacent to an activating group) is 1. The zero-order valence-corrected chi connectivity index (χ0v) is 12.3. The lowest BCUT2D eigenvalue weighted by Crippen LogP contribution is -2.46. The number of ether oxygens (including phenoxy) is 1. The number of hydrogen-bond acceptors (Lipinski definition) is 4. The summed E-state index contributed by atoms with van der Waals surface area (Å²) in [5.41, 5.74) is 0. The van der Waals surface area contributed by atoms with Gasteiger partial charge in [-0.25, -0.2) is 4.79 Å². The lowest BCUT2D eigenvalue weighted by molar-refractivity contribution is -0.139. The number of rotatable bonds is 8. The van der Waals surface area contributed by atoms with Gasteiger partial charge in [0.2, 0.25) is 5.91 Å². The molecule has 1 unspecified atom stereocenters. The molecule has 0 aromatic carbocycles. The van der Waals surface area contributed by atoms with E-state index in [9.17, 15) is 14.4 Å². The molecule has 0 saturated carbocycles. The highest BCUT2D eigenvalue weighted by molar-refractivity contribution is 5.84. The van der Waals surface area contributed by atoms with Crippen LogP contribution in [0.25, 0.3) is 0 Å². The summed E-state index contributed by atoms with van der Waals surface area (Å²) in [7, 11) is 2.85. The number of carboxylic acid groups (broad SMARTS) is 1. The van der Waals surface area contributed by atoms with Gasteiger partial charge < -0.3 is 25.4 Å². The molecular formula is C12H23N3O5. The highest BCUT2D eigenvalue weighted by atomic mass is 16.5. The Labute approximate surface area is 118 Å². The SMILES string of the molecule is COC(CNC(=O)N(C)CC(=O)NC(C)C)CC(=O)O. The Morgan fingerprint density at radius 2 is 1.90 bits per heavy atom. The number of urea groups is 1. The van der Waals surface area contributed by atoms with E-state index in [-0.39, 0.29) is 31.5 Å². The molecule has 3 N–H and O–H groups in total. The average Bonchev–Trinajstić information content (AvgIpc) is 2.32. The van der Waals surface area contributed by atoms with Crippen LogP contribution in [0.1, 0.15) is 20.3 Å². The van der Waals surface area contributed by atoms with Crippen LogP contribution in [0.3, 0.4) is 0 Å². The van der Waals surface area contributed by atoms with Gasteiger partial charge in [0.15, 0.2) is 0 Å². The van der Waals surface area contributed by atoms with Crippen molar-refractivity contribution in [1.29, 1.82) is 0 Å². The van der Waals surface area contributed by atoms with Crippen molar-refractivity contribution >= 4 is 17.9 Å². The van der Waals surface area contributed by atoms with E-state index in [1.807, 2.05) is 13.8 Å². The summed E-state index contributed by atoms with van der Waals surface area (Å²) < 4.78 is 4.93. The Kier molecular flexibility index (Phi) is 8.30. The third-order valence-corrected chi connectivity index (χ3v) is 2.39. The van der Waals surface area contributed by atoms with Crippen LogP contribution in [0.2, 0.25) is 0 Å². The topological polar surface area (TPSA) is 108 Å². The maximum atomic E-state index is 11.7. The summed E-state index contributed by atoms with van der Waals surface area (Å²) in [5.74, 6) is -1.26. The van der Waals surface area contributed by atoms with Crippen molar-refractivity contribution in [3.05, 3.63) is 0 Å². The van der Waals surface area contributed by atoms with Crippen molar-refractivity contribution in [2.24, 2.45) is 0 Å². The van der Waals surface area contributed by atoms with Crippen LogP contribution in [0.4, 0.5) is 4.79 Å². The van der Waals surface area contributed by atoms with E-state index in [0.717, 1.165) is 0 Å². The lowest BCUT2D eigenvalue weighted by atomic mass is 10.2. The number of nitrogens with one attached hydrogen (secondary N) is 2. The molecule has 1 atom stereocenters. The van der Waals surface area contributed by atoms with E-state index in [2.05, 4.69) is 10.6 Å². The lowest BCUT2D eigenvalue weighted by Gasteiger charge is -2.20. The van der Waals surface area contributed by atoms with Crippen LogP contribution in [0.15, 0.2) is 0 Å². The summed E-state index contributed by atoms with van der Waals surface area (Å²) in [4.78, 5) is 34.9. The fraction of sp³-hybridized carbons (Fsp3) is 0.750. The highest BCUT2D eigenvalue weighted by Gasteiger charge is 2.17. The monoisotopic (exact) mass is 289 g/mol. The quantitative estimate of drug-likeness (QED) is 0.565. The Bertz CT molecular complexity index is 346. The minimum absolute atomic E-state index is 0.00685. The normalized spacial score (nSPS) is 11.8. The number of methoxy groups -OCH3 is 1. The van der Waals surface area contributed by atoms with Gasteiger partial charge in [-0.2, -0.15) is 0 Å². The predicted octanol–water partition coefficient (Wildman–Crippen LogP) is -0.358. The molecule has 20 heavy (non-hydrogen) atoms. The summed E-state index contributed by atoms with van der Waals surface area (Å²) in [5, 5.41) is 13.8. The standard InChI is InChI=1S/C12H23N3O5/c1-8(2)14-10(16)7-15(3)12(19)13-6-9(20-4)5-11(17)18/h8-9H,5-7H2,1-4H3,(H,13,19)(H,14,16)(H,17,18). The predicted molar refractivity (Wildman–Crippen MR) is 72.4 cm³/mol. The molecule has 116 valence electrons. The third-order valence-electron chi connectivity index (χ3n) is 2.39. The van der Waals surface area contributed by atoms with Gasteiger partial charge in [-0.05, 0) is 13.8 Å². The van der Waals surface area contributed by atoms with E-state index < -0.39 is 18.1 Å². The molecule has 0 bridgehead atoms. The van der Waals surface area contributed by atoms with Crippen molar-refractivity contribution < 1.29 is 24.2 Å². The third kappa shape index (κ3) is 8.30. The smallest absolute Gasteiger partial charge is 0.317 e. The number of carbonyl (C=O) groups excluding carboxylic acids is 2. The maximum absolute atomic E-state index is 11.7. The van der Waals surface area contributed by atoms with Crippen molar-refractivity contribution in [1.82, 2.24) is 15.5 Å². The van der Waals surface area contributed by atoms with E-state index in [4.69, 9.17) is 9.84 Å². The molecule has 0 aliphatic carbocycles. The van der Waals surface area contributed by atoms with Crippen LogP contribution < -0.4 is 10.6 Å².